The molecule has 0 aliphatic carbocycles. The minimum atomic E-state index is -0.268. The van der Waals surface area contributed by atoms with E-state index in [1.807, 2.05) is 80.7 Å². The predicted molar refractivity (Wildman–Crippen MR) is 112 cm³/mol. The molecule has 0 fully saturated rings. The molecule has 29 heavy (non-hydrogen) atoms. The fraction of sp³-hybridized carbons (Fsp3) is 0.0870. The molecule has 0 aliphatic heterocycles. The van der Waals surface area contributed by atoms with Gasteiger partial charge in [0.2, 0.25) is 0 Å². The Morgan fingerprint density at radius 3 is 2.62 bits per heavy atom. The number of carbonyl (C=O) groups is 1. The van der Waals surface area contributed by atoms with E-state index in [2.05, 4.69) is 15.6 Å². The Morgan fingerprint density at radius 2 is 1.90 bits per heavy atom. The summed E-state index contributed by atoms with van der Waals surface area (Å²) in [7, 11) is 0. The van der Waals surface area contributed by atoms with Crippen molar-refractivity contribution in [2.24, 2.45) is 5.10 Å². The highest BCUT2D eigenvalue weighted by Gasteiger charge is 2.14. The van der Waals surface area contributed by atoms with Crippen molar-refractivity contribution < 1.29 is 9.21 Å². The molecule has 0 aliphatic rings. The average molecular weight is 384 g/mol. The zero-order valence-corrected chi connectivity index (χ0v) is 16.2. The van der Waals surface area contributed by atoms with Crippen molar-refractivity contribution in [3.63, 3.8) is 0 Å². The predicted octanol–water partition coefficient (Wildman–Crippen LogP) is 4.51. The fourth-order valence-corrected chi connectivity index (χ4v) is 2.96. The van der Waals surface area contributed by atoms with Crippen LogP contribution in [0.15, 0.2) is 82.4 Å². The first-order valence-corrected chi connectivity index (χ1v) is 9.22. The molecule has 2 heterocycles. The lowest BCUT2D eigenvalue weighted by atomic mass is 10.1. The van der Waals surface area contributed by atoms with Crippen LogP contribution in [0.4, 0.5) is 0 Å². The van der Waals surface area contributed by atoms with Gasteiger partial charge < -0.3 is 4.42 Å². The monoisotopic (exact) mass is 384 g/mol. The van der Waals surface area contributed by atoms with E-state index in [-0.39, 0.29) is 5.91 Å². The highest BCUT2D eigenvalue weighted by Crippen LogP contribution is 2.24. The largest absolute Gasteiger partial charge is 0.460 e. The van der Waals surface area contributed by atoms with Gasteiger partial charge in [0.1, 0.15) is 11.5 Å². The molecule has 0 saturated heterocycles. The topological polar surface area (TPSA) is 72.4 Å². The van der Waals surface area contributed by atoms with E-state index in [0.29, 0.717) is 17.0 Å². The van der Waals surface area contributed by atoms with Crippen LogP contribution < -0.4 is 5.43 Å². The van der Waals surface area contributed by atoms with Crippen molar-refractivity contribution in [2.45, 2.75) is 13.8 Å². The van der Waals surface area contributed by atoms with Crippen LogP contribution in [-0.2, 0) is 0 Å². The van der Waals surface area contributed by atoms with Gasteiger partial charge in [0.25, 0.3) is 5.91 Å². The number of hydrazone groups is 1. The molecule has 0 spiro atoms. The van der Waals surface area contributed by atoms with Gasteiger partial charge in [-0.05, 0) is 50.2 Å². The van der Waals surface area contributed by atoms with Crippen LogP contribution in [0.1, 0.15) is 27.2 Å². The average Bonchev–Trinajstić information content (AvgIpc) is 3.35. The molecule has 0 saturated carbocycles. The van der Waals surface area contributed by atoms with Crippen LogP contribution in [0.5, 0.6) is 0 Å². The SMILES string of the molecule is Cc1cccc(C(=O)N/N=C\c2cn(-c3ccccc3)nc2-c2ccc(C)o2)c1. The molecular formula is C23H20N4O2. The highest BCUT2D eigenvalue weighted by atomic mass is 16.3. The van der Waals surface area contributed by atoms with Crippen LogP contribution in [0.3, 0.4) is 0 Å². The second-order valence-corrected chi connectivity index (χ2v) is 6.69. The van der Waals surface area contributed by atoms with E-state index in [1.165, 1.54) is 0 Å². The van der Waals surface area contributed by atoms with Crippen LogP contribution in [-0.4, -0.2) is 21.9 Å². The maximum Gasteiger partial charge on any atom is 0.271 e. The van der Waals surface area contributed by atoms with Crippen LogP contribution >= 0.6 is 0 Å². The molecule has 1 N–H and O–H groups in total. The van der Waals surface area contributed by atoms with Gasteiger partial charge in [-0.15, -0.1) is 0 Å². The molecule has 0 unspecified atom stereocenters. The third-order valence-corrected chi connectivity index (χ3v) is 4.39. The van der Waals surface area contributed by atoms with E-state index in [1.54, 1.807) is 17.0 Å². The van der Waals surface area contributed by atoms with Crippen molar-refractivity contribution in [1.29, 1.82) is 0 Å². The van der Waals surface area contributed by atoms with E-state index < -0.39 is 0 Å². The van der Waals surface area contributed by atoms with Gasteiger partial charge in [0.15, 0.2) is 5.76 Å². The van der Waals surface area contributed by atoms with Gasteiger partial charge >= 0.3 is 0 Å². The number of aryl methyl sites for hydroxylation is 2. The lowest BCUT2D eigenvalue weighted by Crippen LogP contribution is -2.17. The molecule has 0 atom stereocenters. The summed E-state index contributed by atoms with van der Waals surface area (Å²) in [5.74, 6) is 1.17. The lowest BCUT2D eigenvalue weighted by Gasteiger charge is -2.00. The standard InChI is InChI=1S/C23H20N4O2/c1-16-7-6-8-18(13-16)23(28)25-24-14-19-15-27(20-9-4-3-5-10-20)26-22(19)21-12-11-17(2)29-21/h3-15H,1-2H3,(H,25,28)/b24-14-. The van der Waals surface area contributed by atoms with Crippen molar-refractivity contribution >= 4 is 12.1 Å². The summed E-state index contributed by atoms with van der Waals surface area (Å²) in [6.45, 7) is 3.82. The van der Waals surface area contributed by atoms with E-state index in [0.717, 1.165) is 22.6 Å². The molecular weight excluding hydrogens is 364 g/mol. The summed E-state index contributed by atoms with van der Waals surface area (Å²) in [5.41, 5.74) is 6.44. The summed E-state index contributed by atoms with van der Waals surface area (Å²) in [6.07, 6.45) is 3.43. The number of hydrogen-bond donors (Lipinski definition) is 1. The number of aromatic nitrogens is 2. The maximum atomic E-state index is 12.3. The smallest absolute Gasteiger partial charge is 0.271 e. The van der Waals surface area contributed by atoms with Crippen molar-refractivity contribution in [2.75, 3.05) is 0 Å². The number of nitrogens with one attached hydrogen (secondary N) is 1. The summed E-state index contributed by atoms with van der Waals surface area (Å²) in [5, 5.41) is 8.78. The number of nitrogens with zero attached hydrogens (tertiary/aromatic N) is 3. The minimum Gasteiger partial charge on any atom is -0.460 e. The number of carbonyl (C=O) groups excluding carboxylic acids is 1. The second-order valence-electron chi connectivity index (χ2n) is 6.69. The van der Waals surface area contributed by atoms with Gasteiger partial charge in [-0.1, -0.05) is 35.9 Å². The summed E-state index contributed by atoms with van der Waals surface area (Å²) < 4.78 is 7.51. The Hall–Kier alpha value is -3.93. The highest BCUT2D eigenvalue weighted by molar-refractivity contribution is 5.95. The number of amides is 1. The van der Waals surface area contributed by atoms with Crippen LogP contribution in [0.2, 0.25) is 0 Å². The number of furan rings is 1. The van der Waals surface area contributed by atoms with Gasteiger partial charge in [-0.2, -0.15) is 10.2 Å². The zero-order valence-electron chi connectivity index (χ0n) is 16.2. The van der Waals surface area contributed by atoms with Crippen molar-refractivity contribution in [1.82, 2.24) is 15.2 Å². The quantitative estimate of drug-likeness (QED) is 0.406. The first-order chi connectivity index (χ1) is 14.1. The van der Waals surface area contributed by atoms with Gasteiger partial charge in [0, 0.05) is 17.3 Å². The molecule has 6 heteroatoms. The first kappa shape index (κ1) is 18.4. The summed E-state index contributed by atoms with van der Waals surface area (Å²) >= 11 is 0. The minimum absolute atomic E-state index is 0.268. The molecule has 6 nitrogen and oxygen atoms in total. The molecule has 4 aromatic rings. The molecule has 1 amide bonds. The van der Waals surface area contributed by atoms with Gasteiger partial charge in [-0.25, -0.2) is 10.1 Å². The van der Waals surface area contributed by atoms with Gasteiger partial charge in [0.05, 0.1) is 11.9 Å². The Balaban J connectivity index is 1.62. The Kier molecular flexibility index (Phi) is 5.07. The third kappa shape index (κ3) is 4.16. The summed E-state index contributed by atoms with van der Waals surface area (Å²) in [6, 6.07) is 20.9. The van der Waals surface area contributed by atoms with Crippen LogP contribution in [0.25, 0.3) is 17.1 Å². The number of hydrogen-bond acceptors (Lipinski definition) is 4. The molecule has 0 bridgehead atoms. The van der Waals surface area contributed by atoms with Gasteiger partial charge in [-0.3, -0.25) is 4.79 Å². The number of rotatable bonds is 5. The normalized spacial score (nSPS) is 11.1. The first-order valence-electron chi connectivity index (χ1n) is 9.22. The Morgan fingerprint density at radius 1 is 1.07 bits per heavy atom. The fourth-order valence-electron chi connectivity index (χ4n) is 2.96. The maximum absolute atomic E-state index is 12.3. The van der Waals surface area contributed by atoms with E-state index in [4.69, 9.17) is 4.42 Å². The van der Waals surface area contributed by atoms with E-state index >= 15 is 0 Å². The Labute approximate surface area is 168 Å². The third-order valence-electron chi connectivity index (χ3n) is 4.39. The molecule has 2 aromatic carbocycles. The molecule has 4 rings (SSSR count). The van der Waals surface area contributed by atoms with E-state index in [9.17, 15) is 4.79 Å². The zero-order chi connectivity index (χ0) is 20.2. The molecule has 2 aromatic heterocycles. The molecule has 144 valence electrons. The second kappa shape index (κ2) is 7.98. The number of benzene rings is 2. The summed E-state index contributed by atoms with van der Waals surface area (Å²) in [4.78, 5) is 12.3. The Bertz CT molecular complexity index is 1170. The van der Waals surface area contributed by atoms with Crippen LogP contribution in [0, 0.1) is 13.8 Å². The van der Waals surface area contributed by atoms with Crippen molar-refractivity contribution in [3.05, 3.63) is 95.4 Å². The molecule has 0 radical (unpaired) electrons. The number of para-hydroxylation sites is 1. The lowest BCUT2D eigenvalue weighted by molar-refractivity contribution is 0.0955. The van der Waals surface area contributed by atoms with Crippen molar-refractivity contribution in [3.8, 4) is 17.1 Å².